The topological polar surface area (TPSA) is 138 Å². The van der Waals surface area contributed by atoms with Crippen molar-refractivity contribution in [2.24, 2.45) is 0 Å². The Morgan fingerprint density at radius 1 is 1.11 bits per heavy atom. The molecule has 11 nitrogen and oxygen atoms in total. The fourth-order valence-electron chi connectivity index (χ4n) is 5.10. The molecule has 0 radical (unpaired) electrons. The molecule has 5 atom stereocenters. The summed E-state index contributed by atoms with van der Waals surface area (Å²) >= 11 is 0. The third-order valence-electron chi connectivity index (χ3n) is 6.76. The van der Waals surface area contributed by atoms with Gasteiger partial charge in [0.1, 0.15) is 24.4 Å². The Bertz CT molecular complexity index is 992. The summed E-state index contributed by atoms with van der Waals surface area (Å²) in [7, 11) is 0. The Morgan fingerprint density at radius 2 is 1.83 bits per heavy atom. The molecule has 3 aliphatic rings. The summed E-state index contributed by atoms with van der Waals surface area (Å²) < 4.78 is 11.7. The normalized spacial score (nSPS) is 29.9. The summed E-state index contributed by atoms with van der Waals surface area (Å²) in [5, 5.41) is 15.1. The number of ether oxygens (including phenoxy) is 2. The zero-order valence-corrected chi connectivity index (χ0v) is 20.6. The largest absolute Gasteiger partial charge is 0.491 e. The number of aliphatic hydroxyl groups excluding tert-OH is 1. The lowest BCUT2D eigenvalue weighted by atomic mass is 10.1. The fraction of sp³-hybridized carbons (Fsp3) is 0.600. The molecule has 2 fully saturated rings. The molecule has 196 valence electrons. The first-order valence-electron chi connectivity index (χ1n) is 12.4. The number of hydrogen-bond acceptors (Lipinski definition) is 7. The van der Waals surface area contributed by atoms with Gasteiger partial charge in [0, 0.05) is 19.6 Å². The molecule has 4 amide bonds. The van der Waals surface area contributed by atoms with Gasteiger partial charge in [-0.1, -0.05) is 12.1 Å². The van der Waals surface area contributed by atoms with Crippen LogP contribution in [0.25, 0.3) is 0 Å². The third kappa shape index (κ3) is 5.79. The van der Waals surface area contributed by atoms with Crippen molar-refractivity contribution < 1.29 is 33.8 Å². The predicted molar refractivity (Wildman–Crippen MR) is 128 cm³/mol. The van der Waals surface area contributed by atoms with Crippen LogP contribution in [0.3, 0.4) is 0 Å². The maximum Gasteiger partial charge on any atom is 0.255 e. The van der Waals surface area contributed by atoms with Gasteiger partial charge in [-0.3, -0.25) is 19.2 Å². The number of aliphatic hydroxyl groups is 1. The van der Waals surface area contributed by atoms with E-state index in [0.717, 1.165) is 6.42 Å². The van der Waals surface area contributed by atoms with Crippen LogP contribution in [-0.4, -0.2) is 102 Å². The van der Waals surface area contributed by atoms with E-state index in [1.54, 1.807) is 34.1 Å². The van der Waals surface area contributed by atoms with Crippen LogP contribution in [0.4, 0.5) is 0 Å². The van der Waals surface area contributed by atoms with Crippen LogP contribution < -0.4 is 15.4 Å². The lowest BCUT2D eigenvalue weighted by Crippen LogP contribution is -2.57. The quantitative estimate of drug-likeness (QED) is 0.504. The summed E-state index contributed by atoms with van der Waals surface area (Å²) in [6.07, 6.45) is 0.695. The molecule has 0 aromatic heterocycles. The van der Waals surface area contributed by atoms with E-state index in [4.69, 9.17) is 9.47 Å². The standard InChI is InChI=1S/C25H34N4O7/c1-15-11-28(12-16(2)36-15)24(33)19-10-22(31)26-20(13-30)25(34)29-9-5-6-17(29)14-35-21-8-4-3-7-18(21)23(32)27-19/h3-4,7-8,15-17,19-20,30H,5-6,9-14H2,1-2H3,(H,26,31)(H,27,32)/t15-,16+,17-,19+,20+/m1/s1. The van der Waals surface area contributed by atoms with Gasteiger partial charge in [0.05, 0.1) is 36.8 Å². The molecule has 3 N–H and O–H groups in total. The molecule has 0 spiro atoms. The molecular formula is C25H34N4O7. The van der Waals surface area contributed by atoms with Gasteiger partial charge in [0.2, 0.25) is 17.7 Å². The van der Waals surface area contributed by atoms with Crippen LogP contribution in [0.5, 0.6) is 5.75 Å². The molecule has 36 heavy (non-hydrogen) atoms. The van der Waals surface area contributed by atoms with Crippen molar-refractivity contribution in [1.82, 2.24) is 20.4 Å². The number of rotatable bonds is 2. The smallest absolute Gasteiger partial charge is 0.255 e. The van der Waals surface area contributed by atoms with E-state index in [2.05, 4.69) is 10.6 Å². The SMILES string of the molecule is C[C@@H]1CN(C(=O)[C@@H]2CC(=O)N[C@@H](CO)C(=O)N3CCC[C@@H]3COc3ccccc3C(=O)N2)C[C@H](C)O1. The van der Waals surface area contributed by atoms with Crippen molar-refractivity contribution in [3.63, 3.8) is 0 Å². The van der Waals surface area contributed by atoms with Crippen LogP contribution in [0, 0.1) is 0 Å². The number of morpholine rings is 1. The van der Waals surface area contributed by atoms with Crippen molar-refractivity contribution in [3.8, 4) is 5.75 Å². The van der Waals surface area contributed by atoms with Crippen LogP contribution in [0.15, 0.2) is 24.3 Å². The minimum atomic E-state index is -1.18. The van der Waals surface area contributed by atoms with E-state index in [0.29, 0.717) is 31.8 Å². The number of nitrogens with zero attached hydrogens (tertiary/aromatic N) is 2. The van der Waals surface area contributed by atoms with E-state index < -0.39 is 42.3 Å². The lowest BCUT2D eigenvalue weighted by Gasteiger charge is -2.37. The fourth-order valence-corrected chi connectivity index (χ4v) is 5.10. The van der Waals surface area contributed by atoms with Crippen molar-refractivity contribution >= 4 is 23.6 Å². The van der Waals surface area contributed by atoms with Gasteiger partial charge >= 0.3 is 0 Å². The first-order chi connectivity index (χ1) is 17.3. The van der Waals surface area contributed by atoms with Crippen LogP contribution in [-0.2, 0) is 19.1 Å². The van der Waals surface area contributed by atoms with Crippen LogP contribution in [0.1, 0.15) is 43.5 Å². The minimum Gasteiger partial charge on any atom is -0.491 e. The molecule has 11 heteroatoms. The molecule has 2 saturated heterocycles. The molecule has 0 bridgehead atoms. The number of amides is 4. The third-order valence-corrected chi connectivity index (χ3v) is 6.76. The van der Waals surface area contributed by atoms with Crippen molar-refractivity contribution in [3.05, 3.63) is 29.8 Å². The summed E-state index contributed by atoms with van der Waals surface area (Å²) in [6.45, 7) is 4.41. The zero-order valence-electron chi connectivity index (χ0n) is 20.6. The number of carbonyl (C=O) groups is 4. The lowest BCUT2D eigenvalue weighted by molar-refractivity contribution is -0.146. The van der Waals surface area contributed by atoms with Crippen molar-refractivity contribution in [2.75, 3.05) is 32.8 Å². The number of benzene rings is 1. The molecule has 4 rings (SSSR count). The molecule has 0 unspecified atom stereocenters. The summed E-state index contributed by atoms with van der Waals surface area (Å²) in [5.41, 5.74) is 0.237. The van der Waals surface area contributed by atoms with Crippen molar-refractivity contribution in [2.45, 2.75) is 63.4 Å². The van der Waals surface area contributed by atoms with E-state index >= 15 is 0 Å². The van der Waals surface area contributed by atoms with Crippen molar-refractivity contribution in [1.29, 1.82) is 0 Å². The summed E-state index contributed by atoms with van der Waals surface area (Å²) in [4.78, 5) is 56.1. The minimum absolute atomic E-state index is 0.161. The Hall–Kier alpha value is -3.18. The molecule has 0 aliphatic carbocycles. The number of para-hydroxylation sites is 1. The average molecular weight is 503 g/mol. The number of nitrogens with one attached hydrogen (secondary N) is 2. The Balaban J connectivity index is 1.64. The second-order valence-electron chi connectivity index (χ2n) is 9.67. The molecule has 1 aromatic carbocycles. The predicted octanol–water partition coefficient (Wildman–Crippen LogP) is -0.329. The van der Waals surface area contributed by atoms with E-state index in [1.165, 1.54) is 0 Å². The highest BCUT2D eigenvalue weighted by Gasteiger charge is 2.37. The Morgan fingerprint density at radius 3 is 2.56 bits per heavy atom. The van der Waals surface area contributed by atoms with Crippen LogP contribution >= 0.6 is 0 Å². The van der Waals surface area contributed by atoms with Gasteiger partial charge in [-0.05, 0) is 38.8 Å². The molecule has 3 aliphatic heterocycles. The maximum atomic E-state index is 13.5. The second kappa shape index (κ2) is 11.3. The number of fused-ring (bicyclic) bond motifs is 2. The monoisotopic (exact) mass is 502 g/mol. The summed E-state index contributed by atoms with van der Waals surface area (Å²) in [6, 6.07) is 4.10. The molecule has 1 aromatic rings. The first kappa shape index (κ1) is 25.9. The number of carbonyl (C=O) groups excluding carboxylic acids is 4. The number of hydrogen-bond donors (Lipinski definition) is 3. The highest BCUT2D eigenvalue weighted by Crippen LogP contribution is 2.24. The van der Waals surface area contributed by atoms with E-state index in [1.807, 2.05) is 13.8 Å². The zero-order chi connectivity index (χ0) is 25.8. The molecule has 3 heterocycles. The Labute approximate surface area is 210 Å². The maximum absolute atomic E-state index is 13.5. The highest BCUT2D eigenvalue weighted by atomic mass is 16.5. The highest BCUT2D eigenvalue weighted by molar-refractivity contribution is 6.01. The van der Waals surface area contributed by atoms with Gasteiger partial charge in [-0.25, -0.2) is 0 Å². The summed E-state index contributed by atoms with van der Waals surface area (Å²) in [5.74, 6) is -1.65. The first-order valence-corrected chi connectivity index (χ1v) is 12.4. The van der Waals surface area contributed by atoms with Gasteiger partial charge in [-0.2, -0.15) is 0 Å². The van der Waals surface area contributed by atoms with E-state index in [9.17, 15) is 24.3 Å². The Kier molecular flexibility index (Phi) is 8.10. The van der Waals surface area contributed by atoms with Gasteiger partial charge in [0.25, 0.3) is 5.91 Å². The van der Waals surface area contributed by atoms with E-state index in [-0.39, 0.29) is 36.8 Å². The molecule has 0 saturated carbocycles. The van der Waals surface area contributed by atoms with Gasteiger partial charge in [0.15, 0.2) is 0 Å². The van der Waals surface area contributed by atoms with Gasteiger partial charge < -0.3 is 35.0 Å². The average Bonchev–Trinajstić information content (AvgIpc) is 3.32. The van der Waals surface area contributed by atoms with Crippen LogP contribution in [0.2, 0.25) is 0 Å². The molecular weight excluding hydrogens is 468 g/mol. The second-order valence-corrected chi connectivity index (χ2v) is 9.67. The van der Waals surface area contributed by atoms with Gasteiger partial charge in [-0.15, -0.1) is 0 Å².